The highest BCUT2D eigenvalue weighted by atomic mass is 35.5. The molecule has 3 fully saturated rings. The first-order valence-electron chi connectivity index (χ1n) is 11.2. The van der Waals surface area contributed by atoms with Gasteiger partial charge in [0.2, 0.25) is 0 Å². The summed E-state index contributed by atoms with van der Waals surface area (Å²) in [4.78, 5) is 0. The Kier molecular flexibility index (Phi) is 4.37. The van der Waals surface area contributed by atoms with Gasteiger partial charge in [-0.2, -0.15) is 0 Å². The summed E-state index contributed by atoms with van der Waals surface area (Å²) < 4.78 is 0. The quantitative estimate of drug-likeness (QED) is 0.566. The molecule has 4 aliphatic carbocycles. The molecule has 0 bridgehead atoms. The Balaban J connectivity index is 1.55. The average molecular weight is 417 g/mol. The molecule has 0 aromatic heterocycles. The van der Waals surface area contributed by atoms with Crippen molar-refractivity contribution >= 4 is 11.6 Å². The van der Waals surface area contributed by atoms with Crippen molar-refractivity contribution in [3.63, 3.8) is 0 Å². The first kappa shape index (κ1) is 20.1. The van der Waals surface area contributed by atoms with Crippen LogP contribution < -0.4 is 0 Å². The van der Waals surface area contributed by atoms with Gasteiger partial charge in [-0.1, -0.05) is 49.2 Å². The van der Waals surface area contributed by atoms with E-state index < -0.39 is 16.6 Å². The van der Waals surface area contributed by atoms with Crippen molar-refractivity contribution in [2.24, 2.45) is 22.7 Å². The lowest BCUT2D eigenvalue weighted by Gasteiger charge is -2.62. The van der Waals surface area contributed by atoms with Crippen LogP contribution in [-0.2, 0) is 5.60 Å². The number of aliphatic hydroxyl groups excluding tert-OH is 1. The summed E-state index contributed by atoms with van der Waals surface area (Å²) in [5.74, 6) is 0.576. The molecule has 0 radical (unpaired) electrons. The number of allylic oxidation sites excluding steroid dienone is 1. The van der Waals surface area contributed by atoms with Crippen LogP contribution in [0.2, 0.25) is 5.02 Å². The number of hydrogen-bond donors (Lipinski definition) is 3. The maximum atomic E-state index is 12.2. The lowest BCUT2D eigenvalue weighted by Crippen LogP contribution is -2.63. The van der Waals surface area contributed by atoms with Gasteiger partial charge in [-0.3, -0.25) is 0 Å². The van der Waals surface area contributed by atoms with Crippen molar-refractivity contribution in [2.75, 3.05) is 0 Å². The van der Waals surface area contributed by atoms with Gasteiger partial charge in [-0.05, 0) is 86.3 Å². The first-order valence-corrected chi connectivity index (χ1v) is 11.6. The third kappa shape index (κ3) is 2.48. The van der Waals surface area contributed by atoms with Gasteiger partial charge in [-0.15, -0.1) is 0 Å². The molecule has 0 amide bonds. The van der Waals surface area contributed by atoms with Gasteiger partial charge < -0.3 is 15.3 Å². The van der Waals surface area contributed by atoms with E-state index in [1.54, 1.807) is 0 Å². The lowest BCUT2D eigenvalue weighted by molar-refractivity contribution is -0.218. The molecule has 3 nitrogen and oxygen atoms in total. The monoisotopic (exact) mass is 416 g/mol. The van der Waals surface area contributed by atoms with Crippen molar-refractivity contribution in [3.8, 4) is 0 Å². The van der Waals surface area contributed by atoms with Gasteiger partial charge in [0.25, 0.3) is 0 Å². The van der Waals surface area contributed by atoms with Crippen LogP contribution in [-0.4, -0.2) is 27.0 Å². The second kappa shape index (κ2) is 6.32. The van der Waals surface area contributed by atoms with Gasteiger partial charge in [0, 0.05) is 10.4 Å². The minimum absolute atomic E-state index is 0.0696. The Labute approximate surface area is 178 Å². The predicted octanol–water partition coefficient (Wildman–Crippen LogP) is 4.97. The molecule has 3 saturated carbocycles. The lowest BCUT2D eigenvalue weighted by atomic mass is 9.45. The number of benzene rings is 1. The van der Waals surface area contributed by atoms with Crippen molar-refractivity contribution in [3.05, 3.63) is 46.5 Å². The molecule has 0 saturated heterocycles. The zero-order valence-corrected chi connectivity index (χ0v) is 18.3. The highest BCUT2D eigenvalue weighted by molar-refractivity contribution is 6.30. The van der Waals surface area contributed by atoms with Gasteiger partial charge in [0.05, 0.1) is 17.3 Å². The standard InChI is InChI=1S/C25H33ClO3/c1-22-11-9-19(27)15-17(22)5-8-21-20(22)10-12-23(2)24(28,13-14-25(21,23)29)16-3-6-18(26)7-4-16/h3-7,19-21,27-29H,8-15H2,1-2H3/t19-,20-,21+,22-,23+,24-,25-/m0/s1. The largest absolute Gasteiger partial charge is 0.393 e. The van der Waals surface area contributed by atoms with Crippen LogP contribution in [0.1, 0.15) is 70.8 Å². The molecule has 7 atom stereocenters. The third-order valence-electron chi connectivity index (χ3n) is 9.74. The van der Waals surface area contributed by atoms with Crippen LogP contribution in [0.3, 0.4) is 0 Å². The highest BCUT2D eigenvalue weighted by Gasteiger charge is 2.71. The normalized spacial score (nSPS) is 49.0. The maximum Gasteiger partial charge on any atom is 0.0978 e. The van der Waals surface area contributed by atoms with Crippen molar-refractivity contribution in [1.82, 2.24) is 0 Å². The Hall–Kier alpha value is -0.870. The number of fused-ring (bicyclic) bond motifs is 5. The van der Waals surface area contributed by atoms with Crippen molar-refractivity contribution < 1.29 is 15.3 Å². The number of aliphatic hydroxyl groups is 3. The van der Waals surface area contributed by atoms with Gasteiger partial charge in [0.15, 0.2) is 0 Å². The average Bonchev–Trinajstić information content (AvgIpc) is 2.91. The fourth-order valence-electron chi connectivity index (χ4n) is 7.81. The van der Waals surface area contributed by atoms with Gasteiger partial charge >= 0.3 is 0 Å². The Bertz CT molecular complexity index is 850. The van der Waals surface area contributed by atoms with E-state index in [2.05, 4.69) is 19.9 Å². The number of halogens is 1. The summed E-state index contributed by atoms with van der Waals surface area (Å²) in [6.07, 6.45) is 8.62. The molecule has 1 aromatic carbocycles. The Morgan fingerprint density at radius 1 is 0.931 bits per heavy atom. The maximum absolute atomic E-state index is 12.2. The van der Waals surface area contributed by atoms with Crippen LogP contribution in [0.4, 0.5) is 0 Å². The molecule has 0 spiro atoms. The zero-order chi connectivity index (χ0) is 20.7. The summed E-state index contributed by atoms with van der Waals surface area (Å²) in [6.45, 7) is 4.46. The van der Waals surface area contributed by atoms with Crippen LogP contribution in [0.15, 0.2) is 35.9 Å². The Morgan fingerprint density at radius 2 is 1.66 bits per heavy atom. The smallest absolute Gasteiger partial charge is 0.0978 e. The minimum Gasteiger partial charge on any atom is -0.393 e. The molecule has 4 aliphatic rings. The molecule has 4 heteroatoms. The Morgan fingerprint density at radius 3 is 2.38 bits per heavy atom. The van der Waals surface area contributed by atoms with E-state index in [1.807, 2.05) is 24.3 Å². The zero-order valence-electron chi connectivity index (χ0n) is 17.5. The number of rotatable bonds is 1. The fraction of sp³-hybridized carbons (Fsp3) is 0.680. The molecule has 3 N–H and O–H groups in total. The molecule has 1 aromatic rings. The molecular weight excluding hydrogens is 384 g/mol. The van der Waals surface area contributed by atoms with E-state index in [-0.39, 0.29) is 17.4 Å². The van der Waals surface area contributed by atoms with E-state index in [0.717, 1.165) is 44.1 Å². The van der Waals surface area contributed by atoms with E-state index in [1.165, 1.54) is 5.57 Å². The fourth-order valence-corrected chi connectivity index (χ4v) is 7.94. The minimum atomic E-state index is -1.04. The second-order valence-corrected chi connectivity index (χ2v) is 11.1. The predicted molar refractivity (Wildman–Crippen MR) is 115 cm³/mol. The molecule has 0 heterocycles. The van der Waals surface area contributed by atoms with Gasteiger partial charge in [0.1, 0.15) is 0 Å². The molecule has 158 valence electrons. The highest BCUT2D eigenvalue weighted by Crippen LogP contribution is 2.70. The van der Waals surface area contributed by atoms with Crippen molar-refractivity contribution in [2.45, 2.75) is 82.5 Å². The summed E-state index contributed by atoms with van der Waals surface area (Å²) in [7, 11) is 0. The van der Waals surface area contributed by atoms with E-state index in [9.17, 15) is 15.3 Å². The van der Waals surface area contributed by atoms with Crippen LogP contribution in [0, 0.1) is 22.7 Å². The van der Waals surface area contributed by atoms with E-state index in [4.69, 9.17) is 11.6 Å². The summed E-state index contributed by atoms with van der Waals surface area (Å²) >= 11 is 6.09. The van der Waals surface area contributed by atoms with Crippen LogP contribution >= 0.6 is 11.6 Å². The van der Waals surface area contributed by atoms with Crippen LogP contribution in [0.5, 0.6) is 0 Å². The third-order valence-corrected chi connectivity index (χ3v) is 9.99. The first-order chi connectivity index (χ1) is 13.6. The molecule has 5 rings (SSSR count). The molecular formula is C25H33ClO3. The second-order valence-electron chi connectivity index (χ2n) is 10.7. The van der Waals surface area contributed by atoms with Crippen LogP contribution in [0.25, 0.3) is 0 Å². The summed E-state index contributed by atoms with van der Waals surface area (Å²) in [6, 6.07) is 7.53. The van der Waals surface area contributed by atoms with E-state index >= 15 is 0 Å². The molecule has 0 unspecified atom stereocenters. The summed E-state index contributed by atoms with van der Waals surface area (Å²) in [5, 5.41) is 35.0. The van der Waals surface area contributed by atoms with Gasteiger partial charge in [-0.25, -0.2) is 0 Å². The molecule has 0 aliphatic heterocycles. The topological polar surface area (TPSA) is 60.7 Å². The van der Waals surface area contributed by atoms with Crippen molar-refractivity contribution in [1.29, 1.82) is 0 Å². The van der Waals surface area contributed by atoms with E-state index in [0.29, 0.717) is 23.8 Å². The SMILES string of the molecule is C[C@]12CC[C@H]3[C@@H](CC=C4C[C@@H](O)CC[C@@]43C)[C@@]1(O)CC[C@]2(O)c1ccc(Cl)cc1. The number of hydrogen-bond acceptors (Lipinski definition) is 3. The molecule has 29 heavy (non-hydrogen) atoms. The summed E-state index contributed by atoms with van der Waals surface area (Å²) in [5.41, 5.74) is -0.157.